The molecule has 0 aliphatic carbocycles. The second-order valence-electron chi connectivity index (χ2n) is 6.80. The van der Waals surface area contributed by atoms with E-state index in [4.69, 9.17) is 0 Å². The van der Waals surface area contributed by atoms with Crippen LogP contribution in [-0.4, -0.2) is 36.5 Å². The molecule has 0 radical (unpaired) electrons. The van der Waals surface area contributed by atoms with Crippen LogP contribution in [0.5, 0.6) is 0 Å². The molecule has 3 fully saturated rings. The Balaban J connectivity index is 1.51. The Hall–Kier alpha value is -1.55. The van der Waals surface area contributed by atoms with Crippen molar-refractivity contribution in [3.63, 3.8) is 0 Å². The molecule has 1 aromatic carbocycles. The van der Waals surface area contributed by atoms with E-state index in [-0.39, 0.29) is 18.1 Å². The zero-order chi connectivity index (χ0) is 14.9. The molecule has 3 aliphatic heterocycles. The van der Waals surface area contributed by atoms with Gasteiger partial charge in [-0.1, -0.05) is 18.6 Å². The van der Waals surface area contributed by atoms with Crippen LogP contribution >= 0.6 is 0 Å². The number of rotatable bonds is 2. The molecule has 22 heavy (non-hydrogen) atoms. The third-order valence-electron chi connectivity index (χ3n) is 5.39. The van der Waals surface area contributed by atoms with Gasteiger partial charge < -0.3 is 10.2 Å². The number of benzene rings is 1. The van der Waals surface area contributed by atoms with E-state index in [1.807, 2.05) is 0 Å². The topological polar surface area (TPSA) is 35.6 Å². The minimum absolute atomic E-state index is 0.0770. The third-order valence-corrected chi connectivity index (χ3v) is 5.39. The maximum atomic E-state index is 12.1. The zero-order valence-electron chi connectivity index (χ0n) is 13.1. The molecule has 3 saturated heterocycles. The summed E-state index contributed by atoms with van der Waals surface area (Å²) in [6.45, 7) is 3.38. The van der Waals surface area contributed by atoms with E-state index in [0.29, 0.717) is 0 Å². The zero-order valence-corrected chi connectivity index (χ0v) is 13.1. The second-order valence-corrected chi connectivity index (χ2v) is 6.80. The summed E-state index contributed by atoms with van der Waals surface area (Å²) in [7, 11) is 0. The van der Waals surface area contributed by atoms with Gasteiger partial charge >= 0.3 is 0 Å². The van der Waals surface area contributed by atoms with Crippen molar-refractivity contribution in [2.75, 3.05) is 24.5 Å². The highest BCUT2D eigenvalue weighted by atomic mass is 16.2. The summed E-state index contributed by atoms with van der Waals surface area (Å²) in [6.07, 6.45) is 7.43. The normalized spacial score (nSPS) is 29.3. The van der Waals surface area contributed by atoms with Crippen molar-refractivity contribution in [3.8, 4) is 0 Å². The fraction of sp³-hybridized carbons (Fsp3) is 0.611. The molecule has 3 aliphatic rings. The maximum absolute atomic E-state index is 12.1. The van der Waals surface area contributed by atoms with Gasteiger partial charge in [0, 0.05) is 25.3 Å². The van der Waals surface area contributed by atoms with E-state index < -0.39 is 0 Å². The van der Waals surface area contributed by atoms with Crippen LogP contribution in [0.15, 0.2) is 24.3 Å². The van der Waals surface area contributed by atoms with Crippen molar-refractivity contribution in [1.82, 2.24) is 10.2 Å². The first-order chi connectivity index (χ1) is 10.8. The number of piperidine rings is 2. The Morgan fingerprint density at radius 3 is 2.41 bits per heavy atom. The molecule has 2 unspecified atom stereocenters. The fourth-order valence-corrected chi connectivity index (χ4v) is 4.15. The number of amides is 1. The Labute approximate surface area is 132 Å². The molecule has 0 aromatic heterocycles. The quantitative estimate of drug-likeness (QED) is 0.912. The van der Waals surface area contributed by atoms with Crippen molar-refractivity contribution in [2.45, 2.75) is 50.7 Å². The average molecular weight is 299 g/mol. The van der Waals surface area contributed by atoms with Gasteiger partial charge in [0.1, 0.15) is 6.17 Å². The maximum Gasteiger partial charge on any atom is 0.238 e. The number of hydrogen-bond acceptors (Lipinski definition) is 3. The highest BCUT2D eigenvalue weighted by molar-refractivity contribution is 5.84. The van der Waals surface area contributed by atoms with Crippen LogP contribution in [0.2, 0.25) is 0 Å². The molecule has 0 saturated carbocycles. The van der Waals surface area contributed by atoms with Gasteiger partial charge in [0.15, 0.2) is 0 Å². The summed E-state index contributed by atoms with van der Waals surface area (Å²) >= 11 is 0. The van der Waals surface area contributed by atoms with Crippen molar-refractivity contribution in [3.05, 3.63) is 29.8 Å². The van der Waals surface area contributed by atoms with Crippen LogP contribution in [0.25, 0.3) is 0 Å². The van der Waals surface area contributed by atoms with Crippen molar-refractivity contribution in [1.29, 1.82) is 0 Å². The molecular formula is C18H25N3O. The predicted octanol–water partition coefficient (Wildman–Crippen LogP) is 2.66. The van der Waals surface area contributed by atoms with Crippen LogP contribution in [0.4, 0.5) is 5.69 Å². The standard InChI is InChI=1S/C18H25N3O/c22-18-16-6-2-5-13-21(16)17(19-18)14-7-9-15(10-8-14)20-11-3-1-4-12-20/h7-10,16-17H,1-6,11-13H2,(H,19,22). The van der Waals surface area contributed by atoms with Crippen molar-refractivity contribution >= 4 is 11.6 Å². The Bertz CT molecular complexity index is 536. The van der Waals surface area contributed by atoms with Crippen LogP contribution < -0.4 is 10.2 Å². The molecule has 3 heterocycles. The highest BCUT2D eigenvalue weighted by Gasteiger charge is 2.41. The monoisotopic (exact) mass is 299 g/mol. The van der Waals surface area contributed by atoms with E-state index in [0.717, 1.165) is 13.0 Å². The lowest BCUT2D eigenvalue weighted by atomic mass is 10.0. The summed E-state index contributed by atoms with van der Waals surface area (Å²) in [5.41, 5.74) is 2.54. The van der Waals surface area contributed by atoms with E-state index in [1.54, 1.807) is 0 Å². The number of fused-ring (bicyclic) bond motifs is 1. The molecule has 0 bridgehead atoms. The minimum Gasteiger partial charge on any atom is -0.372 e. The predicted molar refractivity (Wildman–Crippen MR) is 87.7 cm³/mol. The van der Waals surface area contributed by atoms with E-state index in [9.17, 15) is 4.79 Å². The Kier molecular flexibility index (Phi) is 3.78. The number of anilines is 1. The number of nitrogens with zero attached hydrogens (tertiary/aromatic N) is 2. The van der Waals surface area contributed by atoms with Crippen LogP contribution in [0, 0.1) is 0 Å². The van der Waals surface area contributed by atoms with E-state index in [1.165, 1.54) is 56.4 Å². The smallest absolute Gasteiger partial charge is 0.238 e. The molecule has 4 rings (SSSR count). The van der Waals surface area contributed by atoms with Gasteiger partial charge in [0.2, 0.25) is 5.91 Å². The molecule has 1 aromatic rings. The van der Waals surface area contributed by atoms with Crippen LogP contribution in [0.3, 0.4) is 0 Å². The number of carbonyl (C=O) groups excluding carboxylic acids is 1. The second kappa shape index (κ2) is 5.92. The molecular weight excluding hydrogens is 274 g/mol. The van der Waals surface area contributed by atoms with E-state index in [2.05, 4.69) is 39.4 Å². The number of nitrogens with one attached hydrogen (secondary N) is 1. The average Bonchev–Trinajstić information content (AvgIpc) is 2.93. The lowest BCUT2D eigenvalue weighted by Gasteiger charge is -2.32. The first kappa shape index (κ1) is 14.1. The first-order valence-corrected chi connectivity index (χ1v) is 8.74. The summed E-state index contributed by atoms with van der Waals surface area (Å²) in [5, 5.41) is 3.18. The molecule has 118 valence electrons. The summed E-state index contributed by atoms with van der Waals surface area (Å²) in [4.78, 5) is 17.0. The van der Waals surface area contributed by atoms with Crippen LogP contribution in [0.1, 0.15) is 50.3 Å². The van der Waals surface area contributed by atoms with Gasteiger partial charge in [-0.05, 0) is 49.8 Å². The molecule has 1 N–H and O–H groups in total. The molecule has 4 nitrogen and oxygen atoms in total. The van der Waals surface area contributed by atoms with Gasteiger partial charge in [-0.25, -0.2) is 0 Å². The lowest BCUT2D eigenvalue weighted by molar-refractivity contribution is -0.122. The van der Waals surface area contributed by atoms with Gasteiger partial charge in [0.25, 0.3) is 0 Å². The van der Waals surface area contributed by atoms with Gasteiger partial charge in [-0.15, -0.1) is 0 Å². The molecule has 2 atom stereocenters. The van der Waals surface area contributed by atoms with Crippen molar-refractivity contribution in [2.24, 2.45) is 0 Å². The summed E-state index contributed by atoms with van der Waals surface area (Å²) in [5.74, 6) is 0.213. The largest absolute Gasteiger partial charge is 0.372 e. The molecule has 1 amide bonds. The van der Waals surface area contributed by atoms with E-state index >= 15 is 0 Å². The molecule has 0 spiro atoms. The van der Waals surface area contributed by atoms with Gasteiger partial charge in [-0.3, -0.25) is 9.69 Å². The fourth-order valence-electron chi connectivity index (χ4n) is 4.15. The Morgan fingerprint density at radius 2 is 1.64 bits per heavy atom. The summed E-state index contributed by atoms with van der Waals surface area (Å²) < 4.78 is 0. The first-order valence-electron chi connectivity index (χ1n) is 8.74. The van der Waals surface area contributed by atoms with Gasteiger partial charge in [-0.2, -0.15) is 0 Å². The van der Waals surface area contributed by atoms with Crippen molar-refractivity contribution < 1.29 is 4.79 Å². The Morgan fingerprint density at radius 1 is 0.909 bits per heavy atom. The van der Waals surface area contributed by atoms with Gasteiger partial charge in [0.05, 0.1) is 6.04 Å². The number of hydrogen-bond donors (Lipinski definition) is 1. The minimum atomic E-state index is 0.0770. The highest BCUT2D eigenvalue weighted by Crippen LogP contribution is 2.33. The molecule has 4 heteroatoms. The number of carbonyl (C=O) groups is 1. The SMILES string of the molecule is O=C1NC(c2ccc(N3CCCCC3)cc2)N2CCCCC12. The third kappa shape index (κ3) is 2.50. The summed E-state index contributed by atoms with van der Waals surface area (Å²) in [6, 6.07) is 8.95. The lowest BCUT2D eigenvalue weighted by Crippen LogP contribution is -2.38. The van der Waals surface area contributed by atoms with Crippen LogP contribution in [-0.2, 0) is 4.79 Å².